The fourth-order valence-electron chi connectivity index (χ4n) is 2.43. The van der Waals surface area contributed by atoms with Crippen LogP contribution in [-0.4, -0.2) is 47.3 Å². The Labute approximate surface area is 128 Å². The van der Waals surface area contributed by atoms with Gasteiger partial charge in [0.15, 0.2) is 0 Å². The average molecular weight is 298 g/mol. The van der Waals surface area contributed by atoms with Crippen LogP contribution in [0.25, 0.3) is 0 Å². The number of benzene rings is 1. The fraction of sp³-hybridized carbons (Fsp3) is 0.312. The van der Waals surface area contributed by atoms with E-state index in [-0.39, 0.29) is 11.5 Å². The zero-order chi connectivity index (χ0) is 15.5. The van der Waals surface area contributed by atoms with Crippen molar-refractivity contribution in [2.75, 3.05) is 31.6 Å². The van der Waals surface area contributed by atoms with Gasteiger partial charge in [0.05, 0.1) is 13.1 Å². The molecule has 0 saturated carbocycles. The fourth-order valence-corrected chi connectivity index (χ4v) is 2.43. The van der Waals surface area contributed by atoms with Crippen LogP contribution < -0.4 is 10.5 Å². The molecule has 6 heteroatoms. The van der Waals surface area contributed by atoms with Crippen molar-refractivity contribution in [3.05, 3.63) is 58.4 Å². The summed E-state index contributed by atoms with van der Waals surface area (Å²) < 4.78 is 1.44. The van der Waals surface area contributed by atoms with Crippen molar-refractivity contribution in [2.24, 2.45) is 0 Å². The van der Waals surface area contributed by atoms with Crippen LogP contribution in [0.1, 0.15) is 5.56 Å². The number of piperazine rings is 1. The van der Waals surface area contributed by atoms with E-state index in [1.165, 1.54) is 10.7 Å². The molecule has 0 radical (unpaired) electrons. The molecule has 3 rings (SSSR count). The van der Waals surface area contributed by atoms with E-state index < -0.39 is 0 Å². The van der Waals surface area contributed by atoms with Gasteiger partial charge in [0.1, 0.15) is 5.82 Å². The van der Waals surface area contributed by atoms with E-state index in [9.17, 15) is 9.59 Å². The van der Waals surface area contributed by atoms with Gasteiger partial charge in [-0.3, -0.25) is 9.59 Å². The Morgan fingerprint density at radius 1 is 1.05 bits per heavy atom. The number of rotatable bonds is 3. The minimum atomic E-state index is -0.145. The third kappa shape index (κ3) is 3.00. The van der Waals surface area contributed by atoms with Crippen molar-refractivity contribution in [1.29, 1.82) is 0 Å². The summed E-state index contributed by atoms with van der Waals surface area (Å²) in [5, 5.41) is 4.41. The monoisotopic (exact) mass is 298 g/mol. The van der Waals surface area contributed by atoms with E-state index in [1.807, 2.05) is 35.2 Å². The lowest BCUT2D eigenvalue weighted by molar-refractivity contribution is -0.129. The van der Waals surface area contributed by atoms with Crippen molar-refractivity contribution < 1.29 is 4.79 Å². The minimum Gasteiger partial charge on any atom is -0.344 e. The van der Waals surface area contributed by atoms with Crippen LogP contribution in [0.5, 0.6) is 0 Å². The minimum absolute atomic E-state index is 0.0638. The van der Waals surface area contributed by atoms with Gasteiger partial charge in [-0.15, -0.1) is 0 Å². The highest BCUT2D eigenvalue weighted by Crippen LogP contribution is 2.12. The summed E-state index contributed by atoms with van der Waals surface area (Å²) >= 11 is 0. The Morgan fingerprint density at radius 3 is 2.55 bits per heavy atom. The van der Waals surface area contributed by atoms with Gasteiger partial charge in [-0.2, -0.15) is 5.10 Å². The predicted molar refractivity (Wildman–Crippen MR) is 83.9 cm³/mol. The summed E-state index contributed by atoms with van der Waals surface area (Å²) in [6, 6.07) is 12.9. The first-order valence-electron chi connectivity index (χ1n) is 7.24. The summed E-state index contributed by atoms with van der Waals surface area (Å²) in [5.74, 6) is 0.728. The summed E-state index contributed by atoms with van der Waals surface area (Å²) in [6.45, 7) is 2.11. The first-order chi connectivity index (χ1) is 10.6. The van der Waals surface area contributed by atoms with Crippen LogP contribution in [0, 0.1) is 0 Å². The van der Waals surface area contributed by atoms with Crippen LogP contribution in [0.15, 0.2) is 47.3 Å². The number of nitrogens with zero attached hydrogens (tertiary/aromatic N) is 4. The van der Waals surface area contributed by atoms with Crippen LogP contribution in [0.3, 0.4) is 0 Å². The molecular weight excluding hydrogens is 280 g/mol. The van der Waals surface area contributed by atoms with Crippen molar-refractivity contribution in [3.8, 4) is 0 Å². The molecule has 1 aliphatic rings. The van der Waals surface area contributed by atoms with E-state index in [1.54, 1.807) is 18.0 Å². The number of anilines is 1. The summed E-state index contributed by atoms with van der Waals surface area (Å²) in [5.41, 5.74) is 0.872. The molecule has 0 N–H and O–H groups in total. The molecule has 0 unspecified atom stereocenters. The second-order valence-electron chi connectivity index (χ2n) is 5.41. The quantitative estimate of drug-likeness (QED) is 0.831. The van der Waals surface area contributed by atoms with Gasteiger partial charge in [0, 0.05) is 26.2 Å². The van der Waals surface area contributed by atoms with Crippen LogP contribution >= 0.6 is 0 Å². The second kappa shape index (κ2) is 6.01. The Balaban J connectivity index is 1.84. The van der Waals surface area contributed by atoms with Crippen molar-refractivity contribution >= 4 is 11.7 Å². The summed E-state index contributed by atoms with van der Waals surface area (Å²) in [6.07, 6.45) is 0. The number of likely N-dealkylation sites (N-methyl/N-ethyl adjacent to an activating group) is 1. The maximum atomic E-state index is 12.0. The first-order valence-corrected chi connectivity index (χ1v) is 7.24. The molecule has 114 valence electrons. The van der Waals surface area contributed by atoms with Crippen molar-refractivity contribution in [1.82, 2.24) is 14.7 Å². The largest absolute Gasteiger partial charge is 0.344 e. The Bertz CT molecular complexity index is 726. The molecule has 0 atom stereocenters. The lowest BCUT2D eigenvalue weighted by Crippen LogP contribution is -2.49. The standard InChI is InChI=1S/C16H18N4O2/c1-18-9-10-19(12-16(18)22)14-7-8-15(21)20(17-14)11-13-5-3-2-4-6-13/h2-8H,9-12H2,1H3. The van der Waals surface area contributed by atoms with Gasteiger partial charge >= 0.3 is 0 Å². The smallest absolute Gasteiger partial charge is 0.267 e. The topological polar surface area (TPSA) is 58.4 Å². The lowest BCUT2D eigenvalue weighted by atomic mass is 10.2. The molecule has 1 aromatic carbocycles. The Morgan fingerprint density at radius 2 is 1.82 bits per heavy atom. The highest BCUT2D eigenvalue weighted by molar-refractivity contribution is 5.82. The van der Waals surface area contributed by atoms with Gasteiger partial charge in [-0.1, -0.05) is 30.3 Å². The maximum Gasteiger partial charge on any atom is 0.267 e. The SMILES string of the molecule is CN1CCN(c2ccc(=O)n(Cc3ccccc3)n2)CC1=O. The molecule has 2 aromatic rings. The van der Waals surface area contributed by atoms with Gasteiger partial charge in [-0.05, 0) is 11.6 Å². The zero-order valence-electron chi connectivity index (χ0n) is 12.5. The Kier molecular flexibility index (Phi) is 3.91. The highest BCUT2D eigenvalue weighted by Gasteiger charge is 2.22. The molecule has 1 amide bonds. The average Bonchev–Trinajstić information content (AvgIpc) is 2.53. The summed E-state index contributed by atoms with van der Waals surface area (Å²) in [4.78, 5) is 27.4. The third-order valence-corrected chi connectivity index (χ3v) is 3.81. The number of carbonyl (C=O) groups excluding carboxylic acids is 1. The number of aromatic nitrogens is 2. The molecule has 0 aliphatic carbocycles. The maximum absolute atomic E-state index is 12.0. The molecule has 2 heterocycles. The van der Waals surface area contributed by atoms with Crippen molar-refractivity contribution in [2.45, 2.75) is 6.54 Å². The van der Waals surface area contributed by atoms with Crippen LogP contribution in [-0.2, 0) is 11.3 Å². The lowest BCUT2D eigenvalue weighted by Gasteiger charge is -2.32. The van der Waals surface area contributed by atoms with E-state index in [0.717, 1.165) is 12.1 Å². The third-order valence-electron chi connectivity index (χ3n) is 3.81. The van der Waals surface area contributed by atoms with Crippen LogP contribution in [0.4, 0.5) is 5.82 Å². The molecule has 22 heavy (non-hydrogen) atoms. The van der Waals surface area contributed by atoms with E-state index in [0.29, 0.717) is 25.5 Å². The molecule has 1 saturated heterocycles. The van der Waals surface area contributed by atoms with Gasteiger partial charge in [0.25, 0.3) is 5.56 Å². The molecule has 0 bridgehead atoms. The second-order valence-corrected chi connectivity index (χ2v) is 5.41. The van der Waals surface area contributed by atoms with E-state index in [4.69, 9.17) is 0 Å². The van der Waals surface area contributed by atoms with Gasteiger partial charge < -0.3 is 9.80 Å². The number of carbonyl (C=O) groups is 1. The zero-order valence-corrected chi connectivity index (χ0v) is 12.5. The van der Waals surface area contributed by atoms with Crippen LogP contribution in [0.2, 0.25) is 0 Å². The molecular formula is C16H18N4O2. The number of amides is 1. The predicted octanol–water partition coefficient (Wildman–Crippen LogP) is 0.570. The molecule has 6 nitrogen and oxygen atoms in total. The number of hydrogen-bond acceptors (Lipinski definition) is 4. The summed E-state index contributed by atoms with van der Waals surface area (Å²) in [7, 11) is 1.80. The Hall–Kier alpha value is -2.63. The number of hydrogen-bond donors (Lipinski definition) is 0. The van der Waals surface area contributed by atoms with Crippen molar-refractivity contribution in [3.63, 3.8) is 0 Å². The molecule has 1 aliphatic heterocycles. The molecule has 0 spiro atoms. The molecule has 1 aromatic heterocycles. The first kappa shape index (κ1) is 14.3. The van der Waals surface area contributed by atoms with E-state index in [2.05, 4.69) is 5.10 Å². The molecule has 1 fully saturated rings. The normalized spacial score (nSPS) is 15.2. The highest BCUT2D eigenvalue weighted by atomic mass is 16.2. The van der Waals surface area contributed by atoms with Gasteiger partial charge in [-0.25, -0.2) is 4.68 Å². The van der Waals surface area contributed by atoms with E-state index >= 15 is 0 Å². The van der Waals surface area contributed by atoms with Gasteiger partial charge in [0.2, 0.25) is 5.91 Å².